The van der Waals surface area contributed by atoms with Crippen LogP contribution >= 0.6 is 17.0 Å². The summed E-state index contributed by atoms with van der Waals surface area (Å²) in [6.07, 6.45) is -5.11. The Morgan fingerprint density at radius 3 is 2.41 bits per heavy atom. The minimum Gasteiger partial charge on any atom is -0.333 e. The Bertz CT molecular complexity index is 903. The molecule has 1 aromatic heterocycles. The van der Waals surface area contributed by atoms with Gasteiger partial charge in [0, 0.05) is 31.6 Å². The standard InChI is InChI=1S/C16H15F6N5O.BrH/c17-10-6-12(19)11(18)4-8(10)3-9(23)5-14(28)26-1-2-27-13(7-26)24-25-15(27)16(20,21)22;/h4,6,9H,1-3,5,7,23H2;1H/t9-;/m1./s1. The molecule has 2 N–H and O–H groups in total. The average Bonchev–Trinajstić information content (AvgIpc) is 3.03. The number of hydrogen-bond donors (Lipinski definition) is 1. The van der Waals surface area contributed by atoms with Gasteiger partial charge in [-0.2, -0.15) is 13.2 Å². The number of nitrogens with two attached hydrogens (primary N) is 1. The van der Waals surface area contributed by atoms with E-state index in [4.69, 9.17) is 5.73 Å². The maximum Gasteiger partial charge on any atom is 0.451 e. The molecule has 2 heterocycles. The van der Waals surface area contributed by atoms with Gasteiger partial charge in [-0.25, -0.2) is 13.2 Å². The van der Waals surface area contributed by atoms with Gasteiger partial charge >= 0.3 is 6.18 Å². The first-order chi connectivity index (χ1) is 13.1. The molecular formula is C16H16BrF6N5O. The number of carbonyl (C=O) groups excluding carboxylic acids is 1. The molecule has 1 aromatic carbocycles. The Morgan fingerprint density at radius 1 is 1.10 bits per heavy atom. The van der Waals surface area contributed by atoms with Crippen molar-refractivity contribution in [1.82, 2.24) is 19.7 Å². The summed E-state index contributed by atoms with van der Waals surface area (Å²) in [5.74, 6) is -5.15. The van der Waals surface area contributed by atoms with Crippen molar-refractivity contribution >= 4 is 22.9 Å². The van der Waals surface area contributed by atoms with Crippen molar-refractivity contribution in [2.45, 2.75) is 38.1 Å². The van der Waals surface area contributed by atoms with Gasteiger partial charge in [0.1, 0.15) is 5.82 Å². The minimum atomic E-state index is -4.64. The number of fused-ring (bicyclic) bond motifs is 1. The van der Waals surface area contributed by atoms with Crippen molar-refractivity contribution in [3.05, 3.63) is 46.8 Å². The summed E-state index contributed by atoms with van der Waals surface area (Å²) in [6, 6.07) is 0.184. The molecule has 2 aromatic rings. The van der Waals surface area contributed by atoms with E-state index in [0.29, 0.717) is 12.1 Å². The molecule has 0 saturated carbocycles. The number of alkyl halides is 3. The van der Waals surface area contributed by atoms with Crippen molar-refractivity contribution in [3.63, 3.8) is 0 Å². The Hall–Kier alpha value is -2.15. The van der Waals surface area contributed by atoms with Crippen LogP contribution in [0.3, 0.4) is 0 Å². The quantitative estimate of drug-likeness (QED) is 0.531. The Balaban J connectivity index is 0.00000300. The van der Waals surface area contributed by atoms with Gasteiger partial charge in [-0.15, -0.1) is 27.2 Å². The van der Waals surface area contributed by atoms with E-state index in [9.17, 15) is 31.1 Å². The SMILES string of the molecule is Br.N[C@@H](CC(=O)N1CCn2c(nnc2C(F)(F)F)C1)Cc1cc(F)c(F)cc1F. The predicted octanol–water partition coefficient (Wildman–Crippen LogP) is 2.59. The summed E-state index contributed by atoms with van der Waals surface area (Å²) < 4.78 is 79.3. The van der Waals surface area contributed by atoms with Gasteiger partial charge in [0.15, 0.2) is 17.5 Å². The van der Waals surface area contributed by atoms with Crippen LogP contribution in [0.5, 0.6) is 0 Å². The molecule has 1 aliphatic rings. The lowest BCUT2D eigenvalue weighted by Crippen LogP contribution is -2.42. The third-order valence-electron chi connectivity index (χ3n) is 4.37. The number of rotatable bonds is 4. The molecule has 13 heteroatoms. The molecule has 0 bridgehead atoms. The zero-order valence-corrected chi connectivity index (χ0v) is 16.4. The number of carbonyl (C=O) groups is 1. The van der Waals surface area contributed by atoms with Crippen molar-refractivity contribution in [2.75, 3.05) is 6.54 Å². The highest BCUT2D eigenvalue weighted by Crippen LogP contribution is 2.29. The van der Waals surface area contributed by atoms with Gasteiger partial charge in [0.2, 0.25) is 11.7 Å². The maximum atomic E-state index is 13.7. The summed E-state index contributed by atoms with van der Waals surface area (Å²) in [4.78, 5) is 13.6. The summed E-state index contributed by atoms with van der Waals surface area (Å²) in [7, 11) is 0. The van der Waals surface area contributed by atoms with Crippen molar-refractivity contribution in [1.29, 1.82) is 0 Å². The first kappa shape index (κ1) is 23.1. The lowest BCUT2D eigenvalue weighted by molar-refractivity contribution is -0.148. The van der Waals surface area contributed by atoms with Gasteiger partial charge in [0.25, 0.3) is 0 Å². The second-order valence-corrected chi connectivity index (χ2v) is 6.43. The van der Waals surface area contributed by atoms with Crippen molar-refractivity contribution in [3.8, 4) is 0 Å². The minimum absolute atomic E-state index is 0. The van der Waals surface area contributed by atoms with E-state index in [-0.39, 0.29) is 60.8 Å². The zero-order valence-electron chi connectivity index (χ0n) is 14.7. The molecule has 1 amide bonds. The summed E-state index contributed by atoms with van der Waals surface area (Å²) >= 11 is 0. The Labute approximate surface area is 171 Å². The first-order valence-electron chi connectivity index (χ1n) is 8.22. The van der Waals surface area contributed by atoms with Crippen LogP contribution in [0, 0.1) is 17.5 Å². The lowest BCUT2D eigenvalue weighted by Gasteiger charge is -2.29. The van der Waals surface area contributed by atoms with E-state index in [2.05, 4.69) is 10.2 Å². The zero-order chi connectivity index (χ0) is 20.6. The number of amides is 1. The molecule has 0 unspecified atom stereocenters. The van der Waals surface area contributed by atoms with Gasteiger partial charge in [-0.1, -0.05) is 0 Å². The summed E-state index contributed by atoms with van der Waals surface area (Å²) in [6.45, 7) is -0.302. The largest absolute Gasteiger partial charge is 0.451 e. The molecule has 0 radical (unpaired) electrons. The molecule has 29 heavy (non-hydrogen) atoms. The first-order valence-corrected chi connectivity index (χ1v) is 8.22. The fourth-order valence-electron chi connectivity index (χ4n) is 3.01. The highest BCUT2D eigenvalue weighted by Gasteiger charge is 2.39. The van der Waals surface area contributed by atoms with Crippen LogP contribution in [0.25, 0.3) is 0 Å². The fourth-order valence-corrected chi connectivity index (χ4v) is 3.01. The van der Waals surface area contributed by atoms with Crippen LogP contribution in [0.1, 0.15) is 23.6 Å². The molecule has 3 rings (SSSR count). The molecule has 1 aliphatic heterocycles. The van der Waals surface area contributed by atoms with Crippen molar-refractivity contribution < 1.29 is 31.1 Å². The molecule has 0 saturated heterocycles. The van der Waals surface area contributed by atoms with Crippen LogP contribution in [-0.4, -0.2) is 38.2 Å². The Kier molecular flexibility index (Phi) is 6.93. The lowest BCUT2D eigenvalue weighted by atomic mass is 10.0. The van der Waals surface area contributed by atoms with E-state index >= 15 is 0 Å². The van der Waals surface area contributed by atoms with Crippen LogP contribution in [-0.2, 0) is 30.5 Å². The highest BCUT2D eigenvalue weighted by molar-refractivity contribution is 8.93. The maximum absolute atomic E-state index is 13.7. The number of hydrogen-bond acceptors (Lipinski definition) is 4. The molecule has 0 aliphatic carbocycles. The van der Waals surface area contributed by atoms with Crippen molar-refractivity contribution in [2.24, 2.45) is 5.73 Å². The number of halogens is 7. The summed E-state index contributed by atoms with van der Waals surface area (Å²) in [5.41, 5.74) is 5.64. The monoisotopic (exact) mass is 487 g/mol. The third kappa shape index (κ3) is 5.07. The van der Waals surface area contributed by atoms with Crippen LogP contribution in [0.15, 0.2) is 12.1 Å². The van der Waals surface area contributed by atoms with Gasteiger partial charge < -0.3 is 15.2 Å². The summed E-state index contributed by atoms with van der Waals surface area (Å²) in [5, 5.41) is 6.60. The number of benzene rings is 1. The third-order valence-corrected chi connectivity index (χ3v) is 4.37. The van der Waals surface area contributed by atoms with E-state index in [1.807, 2.05) is 0 Å². The molecule has 0 fully saturated rings. The fraction of sp³-hybridized carbons (Fsp3) is 0.438. The van der Waals surface area contributed by atoms with Crippen LogP contribution in [0.2, 0.25) is 0 Å². The predicted molar refractivity (Wildman–Crippen MR) is 93.4 cm³/mol. The normalized spacial score (nSPS) is 14.9. The van der Waals surface area contributed by atoms with Crippen LogP contribution in [0.4, 0.5) is 26.3 Å². The van der Waals surface area contributed by atoms with Crippen LogP contribution < -0.4 is 5.73 Å². The smallest absolute Gasteiger partial charge is 0.333 e. The molecule has 0 spiro atoms. The highest BCUT2D eigenvalue weighted by atomic mass is 79.9. The van der Waals surface area contributed by atoms with Gasteiger partial charge in [-0.05, 0) is 18.1 Å². The molecule has 6 nitrogen and oxygen atoms in total. The Morgan fingerprint density at radius 2 is 1.76 bits per heavy atom. The van der Waals surface area contributed by atoms with Gasteiger partial charge in [-0.3, -0.25) is 4.79 Å². The van der Waals surface area contributed by atoms with E-state index in [1.54, 1.807) is 0 Å². The number of aromatic nitrogens is 3. The average molecular weight is 488 g/mol. The van der Waals surface area contributed by atoms with E-state index < -0.39 is 41.4 Å². The number of nitrogens with zero attached hydrogens (tertiary/aromatic N) is 4. The molecule has 160 valence electrons. The molecule has 1 atom stereocenters. The van der Waals surface area contributed by atoms with E-state index in [0.717, 1.165) is 4.57 Å². The second-order valence-electron chi connectivity index (χ2n) is 6.43. The van der Waals surface area contributed by atoms with Gasteiger partial charge in [0.05, 0.1) is 6.54 Å². The molecular weight excluding hydrogens is 472 g/mol. The second kappa shape index (κ2) is 8.69. The van der Waals surface area contributed by atoms with E-state index in [1.165, 1.54) is 4.90 Å². The topological polar surface area (TPSA) is 77.0 Å².